The fourth-order valence-electron chi connectivity index (χ4n) is 2.39. The van der Waals surface area contributed by atoms with E-state index in [2.05, 4.69) is 28.4 Å². The molecule has 0 atom stereocenters. The van der Waals surface area contributed by atoms with Crippen LogP contribution < -0.4 is 0 Å². The zero-order valence-electron chi connectivity index (χ0n) is 10.2. The minimum atomic E-state index is 0.620. The van der Waals surface area contributed by atoms with Crippen molar-refractivity contribution in [2.24, 2.45) is 0 Å². The second-order valence-corrected chi connectivity index (χ2v) is 5.01. The van der Waals surface area contributed by atoms with Crippen LogP contribution in [0, 0.1) is 0 Å². The molecule has 1 aromatic carbocycles. The van der Waals surface area contributed by atoms with E-state index in [1.165, 1.54) is 24.0 Å². The molecule has 0 radical (unpaired) electrons. The van der Waals surface area contributed by atoms with Gasteiger partial charge >= 0.3 is 0 Å². The first kappa shape index (κ1) is 11.7. The minimum Gasteiger partial charge on any atom is -0.421 e. The molecule has 0 unspecified atom stereocenters. The number of aromatic nitrogens is 2. The minimum absolute atomic E-state index is 0.620. The van der Waals surface area contributed by atoms with Gasteiger partial charge in [0.05, 0.1) is 0 Å². The second-order valence-electron chi connectivity index (χ2n) is 4.63. The quantitative estimate of drug-likeness (QED) is 0.793. The van der Waals surface area contributed by atoms with E-state index < -0.39 is 0 Å². The molecule has 1 aromatic heterocycles. The monoisotopic (exact) mass is 262 g/mol. The van der Waals surface area contributed by atoms with Gasteiger partial charge in [0.25, 0.3) is 0 Å². The van der Waals surface area contributed by atoms with Gasteiger partial charge in [-0.05, 0) is 48.9 Å². The van der Waals surface area contributed by atoms with Crippen LogP contribution >= 0.6 is 11.6 Å². The molecule has 0 fully saturated rings. The zero-order valence-corrected chi connectivity index (χ0v) is 10.9. The molecule has 1 heterocycles. The van der Waals surface area contributed by atoms with Crippen molar-refractivity contribution >= 4 is 11.6 Å². The molecule has 4 heteroatoms. The summed E-state index contributed by atoms with van der Waals surface area (Å²) in [6, 6.07) is 6.43. The maximum atomic E-state index is 5.65. The van der Waals surface area contributed by atoms with E-state index in [4.69, 9.17) is 16.0 Å². The summed E-state index contributed by atoms with van der Waals surface area (Å²) in [5.41, 5.74) is 3.91. The van der Waals surface area contributed by atoms with Crippen LogP contribution in [-0.4, -0.2) is 16.1 Å². The average molecular weight is 263 g/mol. The van der Waals surface area contributed by atoms with Gasteiger partial charge in [-0.15, -0.1) is 21.8 Å². The SMILES string of the molecule is ClCCCc1nnc(-c2ccc3c(c2)CCC3)o1. The third-order valence-electron chi connectivity index (χ3n) is 3.34. The molecule has 18 heavy (non-hydrogen) atoms. The van der Waals surface area contributed by atoms with Gasteiger partial charge in [-0.25, -0.2) is 0 Å². The molecule has 1 aliphatic rings. The first-order valence-corrected chi connectivity index (χ1v) is 6.91. The molecule has 0 saturated heterocycles. The highest BCUT2D eigenvalue weighted by Crippen LogP contribution is 2.27. The Hall–Kier alpha value is -1.35. The fourth-order valence-corrected chi connectivity index (χ4v) is 2.53. The lowest BCUT2D eigenvalue weighted by atomic mass is 10.1. The number of halogens is 1. The average Bonchev–Trinajstić information content (AvgIpc) is 3.04. The Kier molecular flexibility index (Phi) is 3.33. The number of aryl methyl sites for hydroxylation is 3. The van der Waals surface area contributed by atoms with E-state index in [0.29, 0.717) is 17.7 Å². The molecule has 2 aromatic rings. The van der Waals surface area contributed by atoms with Crippen LogP contribution in [0.3, 0.4) is 0 Å². The van der Waals surface area contributed by atoms with E-state index in [0.717, 1.165) is 24.8 Å². The molecule has 94 valence electrons. The number of rotatable bonds is 4. The first-order valence-electron chi connectivity index (χ1n) is 6.37. The molecule has 0 aliphatic heterocycles. The predicted molar refractivity (Wildman–Crippen MR) is 70.8 cm³/mol. The van der Waals surface area contributed by atoms with E-state index >= 15 is 0 Å². The molecule has 3 nitrogen and oxygen atoms in total. The number of alkyl halides is 1. The normalized spacial score (nSPS) is 13.8. The van der Waals surface area contributed by atoms with Crippen LogP contribution in [0.1, 0.15) is 29.9 Å². The first-order chi connectivity index (χ1) is 8.86. The Bertz CT molecular complexity index is 550. The Balaban J connectivity index is 1.83. The van der Waals surface area contributed by atoms with Crippen LogP contribution in [0.4, 0.5) is 0 Å². The highest BCUT2D eigenvalue weighted by Gasteiger charge is 2.14. The zero-order chi connectivity index (χ0) is 12.4. The third-order valence-corrected chi connectivity index (χ3v) is 3.60. The lowest BCUT2D eigenvalue weighted by Gasteiger charge is -2.00. The number of hydrogen-bond donors (Lipinski definition) is 0. The van der Waals surface area contributed by atoms with Crippen molar-refractivity contribution in [1.82, 2.24) is 10.2 Å². The lowest BCUT2D eigenvalue weighted by molar-refractivity contribution is 0.502. The van der Waals surface area contributed by atoms with Gasteiger partial charge in [0.15, 0.2) is 0 Å². The summed E-state index contributed by atoms with van der Waals surface area (Å²) in [6.07, 6.45) is 5.23. The summed E-state index contributed by atoms with van der Waals surface area (Å²) in [5.74, 6) is 1.91. The summed E-state index contributed by atoms with van der Waals surface area (Å²) >= 11 is 5.65. The lowest BCUT2D eigenvalue weighted by Crippen LogP contribution is -1.85. The molecule has 0 N–H and O–H groups in total. The summed E-state index contributed by atoms with van der Waals surface area (Å²) in [4.78, 5) is 0. The summed E-state index contributed by atoms with van der Waals surface area (Å²) in [5, 5.41) is 8.15. The van der Waals surface area contributed by atoms with Gasteiger partial charge in [0.1, 0.15) is 0 Å². The van der Waals surface area contributed by atoms with Crippen molar-refractivity contribution in [3.63, 3.8) is 0 Å². The Morgan fingerprint density at radius 1 is 1.17 bits per heavy atom. The maximum absolute atomic E-state index is 5.65. The summed E-state index contributed by atoms with van der Waals surface area (Å²) < 4.78 is 5.65. The number of benzene rings is 1. The third kappa shape index (κ3) is 2.27. The number of nitrogens with zero attached hydrogens (tertiary/aromatic N) is 2. The van der Waals surface area contributed by atoms with E-state index in [-0.39, 0.29) is 0 Å². The highest BCUT2D eigenvalue weighted by molar-refractivity contribution is 6.17. The standard InChI is InChI=1S/C14H15ClN2O/c15-8-2-5-13-16-17-14(18-13)12-7-6-10-3-1-4-11(10)9-12/h6-7,9H,1-5,8H2. The largest absolute Gasteiger partial charge is 0.421 e. The predicted octanol–water partition coefficient (Wildman–Crippen LogP) is 3.40. The second kappa shape index (κ2) is 5.11. The van der Waals surface area contributed by atoms with Crippen molar-refractivity contribution in [3.8, 4) is 11.5 Å². The summed E-state index contributed by atoms with van der Waals surface area (Å²) in [6.45, 7) is 0. The van der Waals surface area contributed by atoms with Gasteiger partial charge in [-0.2, -0.15) is 0 Å². The molecular weight excluding hydrogens is 248 g/mol. The van der Waals surface area contributed by atoms with Crippen LogP contribution in [0.2, 0.25) is 0 Å². The molecule has 0 saturated carbocycles. The van der Waals surface area contributed by atoms with Crippen LogP contribution in [0.5, 0.6) is 0 Å². The number of hydrogen-bond acceptors (Lipinski definition) is 3. The van der Waals surface area contributed by atoms with Crippen LogP contribution in [0.25, 0.3) is 11.5 Å². The van der Waals surface area contributed by atoms with Crippen molar-refractivity contribution in [1.29, 1.82) is 0 Å². The molecule has 0 spiro atoms. The van der Waals surface area contributed by atoms with E-state index in [1.54, 1.807) is 0 Å². The van der Waals surface area contributed by atoms with Gasteiger partial charge in [0.2, 0.25) is 11.8 Å². The Morgan fingerprint density at radius 3 is 2.94 bits per heavy atom. The smallest absolute Gasteiger partial charge is 0.247 e. The summed E-state index contributed by atoms with van der Waals surface area (Å²) in [7, 11) is 0. The van der Waals surface area contributed by atoms with Crippen LogP contribution in [0.15, 0.2) is 22.6 Å². The van der Waals surface area contributed by atoms with Gasteiger partial charge in [-0.1, -0.05) is 6.07 Å². The maximum Gasteiger partial charge on any atom is 0.247 e. The number of fused-ring (bicyclic) bond motifs is 1. The van der Waals surface area contributed by atoms with Gasteiger partial charge < -0.3 is 4.42 Å². The van der Waals surface area contributed by atoms with E-state index in [1.807, 2.05) is 0 Å². The van der Waals surface area contributed by atoms with Crippen LogP contribution in [-0.2, 0) is 19.3 Å². The van der Waals surface area contributed by atoms with Crippen molar-refractivity contribution in [2.75, 3.05) is 5.88 Å². The Labute approximate surface area is 111 Å². The molecule has 1 aliphatic carbocycles. The van der Waals surface area contributed by atoms with Gasteiger partial charge in [0, 0.05) is 17.9 Å². The van der Waals surface area contributed by atoms with Crippen molar-refractivity contribution in [2.45, 2.75) is 32.1 Å². The Morgan fingerprint density at radius 2 is 2.06 bits per heavy atom. The highest BCUT2D eigenvalue weighted by atomic mass is 35.5. The molecule has 3 rings (SSSR count). The topological polar surface area (TPSA) is 38.9 Å². The van der Waals surface area contributed by atoms with Gasteiger partial charge in [-0.3, -0.25) is 0 Å². The van der Waals surface area contributed by atoms with Crippen molar-refractivity contribution < 1.29 is 4.42 Å². The molecular formula is C14H15ClN2O. The fraction of sp³-hybridized carbons (Fsp3) is 0.429. The van der Waals surface area contributed by atoms with Crippen molar-refractivity contribution in [3.05, 3.63) is 35.2 Å². The molecule has 0 amide bonds. The molecule has 0 bridgehead atoms. The van der Waals surface area contributed by atoms with E-state index in [9.17, 15) is 0 Å².